The van der Waals surface area contributed by atoms with Crippen LogP contribution in [-0.4, -0.2) is 4.37 Å². The minimum atomic E-state index is -4.23. The molecule has 0 bridgehead atoms. The average molecular weight is 181 g/mol. The van der Waals surface area contributed by atoms with E-state index in [1.165, 1.54) is 0 Å². The molecule has 0 N–H and O–H groups in total. The summed E-state index contributed by atoms with van der Waals surface area (Å²) in [4.78, 5) is -0.616. The molecule has 0 saturated carbocycles. The number of halogens is 3. The first kappa shape index (κ1) is 8.52. The van der Waals surface area contributed by atoms with Crippen LogP contribution >= 0.6 is 11.5 Å². The molecule has 0 spiro atoms. The van der Waals surface area contributed by atoms with E-state index < -0.39 is 11.1 Å². The van der Waals surface area contributed by atoms with Gasteiger partial charge in [0.05, 0.1) is 5.69 Å². The Kier molecular flexibility index (Phi) is 2.17. The monoisotopic (exact) mass is 181 g/mol. The van der Waals surface area contributed by atoms with Crippen LogP contribution in [0.25, 0.3) is 0 Å². The largest absolute Gasteiger partial charge is 0.427 e. The van der Waals surface area contributed by atoms with E-state index in [4.69, 9.17) is 0 Å². The van der Waals surface area contributed by atoms with Crippen LogP contribution < -0.4 is 0 Å². The minimum absolute atomic E-state index is 0.502. The van der Waals surface area contributed by atoms with Crippen LogP contribution in [0.4, 0.5) is 13.2 Å². The molecule has 11 heavy (non-hydrogen) atoms. The summed E-state index contributed by atoms with van der Waals surface area (Å²) in [6.45, 7) is 1.77. The van der Waals surface area contributed by atoms with Crippen molar-refractivity contribution < 1.29 is 13.2 Å². The smallest absolute Gasteiger partial charge is 0.197 e. The van der Waals surface area contributed by atoms with Crippen LogP contribution in [-0.2, 0) is 12.6 Å². The molecule has 0 amide bonds. The molecule has 0 aromatic carbocycles. The highest BCUT2D eigenvalue weighted by molar-refractivity contribution is 7.05. The van der Waals surface area contributed by atoms with E-state index in [0.717, 1.165) is 6.07 Å². The third-order valence-electron chi connectivity index (χ3n) is 1.20. The lowest BCUT2D eigenvalue weighted by Gasteiger charge is -1.98. The molecule has 62 valence electrons. The van der Waals surface area contributed by atoms with E-state index in [0.29, 0.717) is 23.6 Å². The van der Waals surface area contributed by atoms with Crippen molar-refractivity contribution in [1.29, 1.82) is 0 Å². The molecule has 0 fully saturated rings. The van der Waals surface area contributed by atoms with E-state index in [9.17, 15) is 13.2 Å². The van der Waals surface area contributed by atoms with Crippen LogP contribution in [0.5, 0.6) is 0 Å². The zero-order valence-corrected chi connectivity index (χ0v) is 6.59. The summed E-state index contributed by atoms with van der Waals surface area (Å²) < 4.78 is 39.3. The average Bonchev–Trinajstić information content (AvgIpc) is 2.32. The summed E-state index contributed by atoms with van der Waals surface area (Å²) >= 11 is 0.506. The first-order valence-corrected chi connectivity index (χ1v) is 3.84. The molecule has 1 heterocycles. The highest BCUT2D eigenvalue weighted by Crippen LogP contribution is 2.32. The number of aromatic nitrogens is 1. The first-order chi connectivity index (χ1) is 5.04. The van der Waals surface area contributed by atoms with Gasteiger partial charge in [0.1, 0.15) is 4.88 Å². The fraction of sp³-hybridized carbons (Fsp3) is 0.500. The molecule has 5 heteroatoms. The minimum Gasteiger partial charge on any atom is -0.197 e. The van der Waals surface area contributed by atoms with Crippen molar-refractivity contribution in [2.45, 2.75) is 19.5 Å². The van der Waals surface area contributed by atoms with Gasteiger partial charge in [-0.1, -0.05) is 6.92 Å². The second-order valence-electron chi connectivity index (χ2n) is 2.03. The second kappa shape index (κ2) is 2.81. The molecular formula is C6H6F3NS. The first-order valence-electron chi connectivity index (χ1n) is 3.07. The topological polar surface area (TPSA) is 12.9 Å². The third-order valence-corrected chi connectivity index (χ3v) is 2.07. The maximum Gasteiger partial charge on any atom is 0.427 e. The standard InChI is InChI=1S/C6H6F3NS/c1-2-4-3-5(11-10-4)6(7,8)9/h3H,2H2,1H3. The van der Waals surface area contributed by atoms with Gasteiger partial charge in [-0.25, -0.2) is 0 Å². The molecule has 1 nitrogen and oxygen atoms in total. The van der Waals surface area contributed by atoms with E-state index >= 15 is 0 Å². The second-order valence-corrected chi connectivity index (χ2v) is 2.84. The lowest BCUT2D eigenvalue weighted by molar-refractivity contribution is -0.134. The van der Waals surface area contributed by atoms with E-state index in [1.807, 2.05) is 0 Å². The van der Waals surface area contributed by atoms with Crippen molar-refractivity contribution in [3.05, 3.63) is 16.6 Å². The van der Waals surface area contributed by atoms with Gasteiger partial charge in [0, 0.05) is 0 Å². The van der Waals surface area contributed by atoms with Crippen molar-refractivity contribution in [1.82, 2.24) is 4.37 Å². The molecule has 1 rings (SSSR count). The van der Waals surface area contributed by atoms with Crippen molar-refractivity contribution in [3.8, 4) is 0 Å². The van der Waals surface area contributed by atoms with Gasteiger partial charge in [-0.3, -0.25) is 0 Å². The number of hydrogen-bond acceptors (Lipinski definition) is 2. The third kappa shape index (κ3) is 1.92. The zero-order valence-electron chi connectivity index (χ0n) is 5.77. The number of aryl methyl sites for hydroxylation is 1. The molecule has 0 unspecified atom stereocenters. The SMILES string of the molecule is CCc1cc(C(F)(F)F)sn1. The predicted molar refractivity (Wildman–Crippen MR) is 36.5 cm³/mol. The molecule has 1 aromatic rings. The van der Waals surface area contributed by atoms with Crippen molar-refractivity contribution >= 4 is 11.5 Å². The number of hydrogen-bond donors (Lipinski definition) is 0. The van der Waals surface area contributed by atoms with Gasteiger partial charge in [-0.2, -0.15) is 17.5 Å². The Morgan fingerprint density at radius 2 is 2.18 bits per heavy atom. The van der Waals surface area contributed by atoms with Gasteiger partial charge in [-0.05, 0) is 24.0 Å². The zero-order chi connectivity index (χ0) is 8.48. The molecule has 0 radical (unpaired) electrons. The summed E-state index contributed by atoms with van der Waals surface area (Å²) in [5.41, 5.74) is 0.502. The summed E-state index contributed by atoms with van der Waals surface area (Å²) in [5.74, 6) is 0. The predicted octanol–water partition coefficient (Wildman–Crippen LogP) is 2.72. The van der Waals surface area contributed by atoms with Gasteiger partial charge in [-0.15, -0.1) is 0 Å². The number of rotatable bonds is 1. The Bertz CT molecular complexity index is 240. The molecule has 0 saturated heterocycles. The fourth-order valence-corrected chi connectivity index (χ4v) is 1.30. The van der Waals surface area contributed by atoms with Gasteiger partial charge < -0.3 is 0 Å². The van der Waals surface area contributed by atoms with Crippen LogP contribution in [0.3, 0.4) is 0 Å². The Labute approximate surface area is 66.0 Å². The Morgan fingerprint density at radius 1 is 1.55 bits per heavy atom. The maximum atomic E-state index is 11.9. The van der Waals surface area contributed by atoms with Crippen molar-refractivity contribution in [2.75, 3.05) is 0 Å². The van der Waals surface area contributed by atoms with E-state index in [-0.39, 0.29) is 0 Å². The summed E-state index contributed by atoms with van der Waals surface area (Å²) in [7, 11) is 0. The van der Waals surface area contributed by atoms with Crippen molar-refractivity contribution in [2.24, 2.45) is 0 Å². The normalized spacial score (nSPS) is 12.0. The van der Waals surface area contributed by atoms with Gasteiger partial charge in [0.2, 0.25) is 0 Å². The van der Waals surface area contributed by atoms with Gasteiger partial charge >= 0.3 is 6.18 Å². The molecular weight excluding hydrogens is 175 g/mol. The highest BCUT2D eigenvalue weighted by Gasteiger charge is 2.32. The lowest BCUT2D eigenvalue weighted by Crippen LogP contribution is -2.00. The van der Waals surface area contributed by atoms with E-state index in [2.05, 4.69) is 4.37 Å². The highest BCUT2D eigenvalue weighted by atomic mass is 32.1. The van der Waals surface area contributed by atoms with Crippen LogP contribution in [0, 0.1) is 0 Å². The summed E-state index contributed by atoms with van der Waals surface area (Å²) in [6.07, 6.45) is -3.68. The molecule has 0 atom stereocenters. The molecule has 1 aromatic heterocycles. The molecule has 0 aliphatic rings. The van der Waals surface area contributed by atoms with Crippen LogP contribution in [0.1, 0.15) is 17.5 Å². The molecule has 0 aliphatic carbocycles. The molecule has 0 aliphatic heterocycles. The summed E-state index contributed by atoms with van der Waals surface area (Å²) in [5, 5.41) is 0. The number of nitrogens with zero attached hydrogens (tertiary/aromatic N) is 1. The summed E-state index contributed by atoms with van der Waals surface area (Å²) in [6, 6.07) is 1.09. The Balaban J connectivity index is 2.89. The van der Waals surface area contributed by atoms with Crippen molar-refractivity contribution in [3.63, 3.8) is 0 Å². The lowest BCUT2D eigenvalue weighted by atomic mass is 10.3. The Morgan fingerprint density at radius 3 is 2.45 bits per heavy atom. The van der Waals surface area contributed by atoms with Crippen LogP contribution in [0.2, 0.25) is 0 Å². The van der Waals surface area contributed by atoms with Gasteiger partial charge in [0.25, 0.3) is 0 Å². The Hall–Kier alpha value is -0.580. The fourth-order valence-electron chi connectivity index (χ4n) is 0.612. The van der Waals surface area contributed by atoms with Crippen LogP contribution in [0.15, 0.2) is 6.07 Å². The van der Waals surface area contributed by atoms with Gasteiger partial charge in [0.15, 0.2) is 0 Å². The maximum absolute atomic E-state index is 11.9. The number of alkyl halides is 3. The quantitative estimate of drug-likeness (QED) is 0.649. The van der Waals surface area contributed by atoms with E-state index in [1.54, 1.807) is 6.92 Å².